The Labute approximate surface area is 154 Å². The zero-order valence-corrected chi connectivity index (χ0v) is 15.3. The molecule has 0 amide bonds. The Bertz CT molecular complexity index is 1040. The van der Waals surface area contributed by atoms with Crippen molar-refractivity contribution < 1.29 is 9.53 Å². The molecule has 26 heavy (non-hydrogen) atoms. The number of hydrogen-bond acceptors (Lipinski definition) is 6. The molecule has 0 fully saturated rings. The maximum absolute atomic E-state index is 12.7. The number of aryl methyl sites for hydroxylation is 2. The van der Waals surface area contributed by atoms with Gasteiger partial charge in [0.1, 0.15) is 12.4 Å². The van der Waals surface area contributed by atoms with Gasteiger partial charge in [-0.2, -0.15) is 0 Å². The number of benzene rings is 1. The van der Waals surface area contributed by atoms with Gasteiger partial charge in [-0.3, -0.25) is 9.36 Å². The van der Waals surface area contributed by atoms with E-state index in [-0.39, 0.29) is 12.2 Å². The number of fused-ring (bicyclic) bond motifs is 2. The van der Waals surface area contributed by atoms with Crippen LogP contribution in [0.1, 0.15) is 46.1 Å². The van der Waals surface area contributed by atoms with Crippen molar-refractivity contribution >= 4 is 28.2 Å². The maximum atomic E-state index is 12.7. The summed E-state index contributed by atoms with van der Waals surface area (Å²) in [6.45, 7) is 2.77. The fraction of sp³-hybridized carbons (Fsp3) is 0.368. The summed E-state index contributed by atoms with van der Waals surface area (Å²) in [6.07, 6.45) is 3.93. The number of aromatic nitrogens is 3. The van der Waals surface area contributed by atoms with Crippen LogP contribution in [-0.4, -0.2) is 20.5 Å². The largest absolute Gasteiger partial charge is 0.456 e. The Balaban J connectivity index is 1.62. The predicted octanol–water partition coefficient (Wildman–Crippen LogP) is 3.24. The van der Waals surface area contributed by atoms with Crippen LogP contribution in [0.15, 0.2) is 28.4 Å². The molecule has 0 saturated carbocycles. The van der Waals surface area contributed by atoms with Gasteiger partial charge in [-0.05, 0) is 38.0 Å². The Kier molecular flexibility index (Phi) is 4.55. The lowest BCUT2D eigenvalue weighted by Gasteiger charge is -2.10. The highest BCUT2D eigenvalue weighted by Crippen LogP contribution is 2.17. The quantitative estimate of drug-likeness (QED) is 0.663. The normalized spacial score (nSPS) is 14.0. The first-order valence-electron chi connectivity index (χ1n) is 8.73. The van der Waals surface area contributed by atoms with Gasteiger partial charge in [0.15, 0.2) is 0 Å². The summed E-state index contributed by atoms with van der Waals surface area (Å²) in [4.78, 5) is 34.0. The zero-order valence-electron chi connectivity index (χ0n) is 14.5. The summed E-state index contributed by atoms with van der Waals surface area (Å²) in [5, 5.41) is 3.36. The predicted molar refractivity (Wildman–Crippen MR) is 99.5 cm³/mol. The molecule has 134 valence electrons. The van der Waals surface area contributed by atoms with Gasteiger partial charge in [-0.1, -0.05) is 6.42 Å². The summed E-state index contributed by atoms with van der Waals surface area (Å²) in [5.74, 6) is 0.373. The number of rotatable bonds is 3. The molecule has 1 aromatic carbocycles. The molecule has 0 radical (unpaired) electrons. The topological polar surface area (TPSA) is 74.1 Å². The number of hydrogen-bond donors (Lipinski definition) is 0. The minimum atomic E-state index is -0.436. The highest BCUT2D eigenvalue weighted by Gasteiger charge is 2.16. The molecule has 0 unspecified atom stereocenters. The Morgan fingerprint density at radius 1 is 1.27 bits per heavy atom. The number of esters is 1. The first-order valence-corrected chi connectivity index (χ1v) is 9.61. The standard InChI is InChI=1S/C19H19N3O3S/c1-12-20-14(11-26-12)10-25-19(24)13-6-7-15-16(9-13)21-17-5-3-2-4-8-22(17)18(15)23/h6-7,9,11H,2-5,8,10H2,1H3. The van der Waals surface area contributed by atoms with Crippen LogP contribution in [0.4, 0.5) is 0 Å². The van der Waals surface area contributed by atoms with Crippen LogP contribution in [-0.2, 0) is 24.3 Å². The van der Waals surface area contributed by atoms with Crippen LogP contribution < -0.4 is 5.56 Å². The second-order valence-corrected chi connectivity index (χ2v) is 7.52. The number of carbonyl (C=O) groups is 1. The highest BCUT2D eigenvalue weighted by molar-refractivity contribution is 7.09. The van der Waals surface area contributed by atoms with E-state index in [1.165, 1.54) is 11.3 Å². The smallest absolute Gasteiger partial charge is 0.338 e. The lowest BCUT2D eigenvalue weighted by molar-refractivity contribution is 0.0468. The van der Waals surface area contributed by atoms with E-state index in [1.807, 2.05) is 12.3 Å². The third-order valence-electron chi connectivity index (χ3n) is 4.57. The molecule has 0 N–H and O–H groups in total. The Morgan fingerprint density at radius 2 is 2.15 bits per heavy atom. The zero-order chi connectivity index (χ0) is 18.1. The van der Waals surface area contributed by atoms with Crippen LogP contribution >= 0.6 is 11.3 Å². The molecule has 0 saturated heterocycles. The molecule has 0 aliphatic carbocycles. The van der Waals surface area contributed by atoms with Crippen molar-refractivity contribution in [2.45, 2.75) is 45.8 Å². The first-order chi connectivity index (χ1) is 12.6. The van der Waals surface area contributed by atoms with Crippen molar-refractivity contribution in [2.75, 3.05) is 0 Å². The fourth-order valence-corrected chi connectivity index (χ4v) is 3.84. The van der Waals surface area contributed by atoms with Gasteiger partial charge in [0.25, 0.3) is 5.56 Å². The summed E-state index contributed by atoms with van der Waals surface area (Å²) < 4.78 is 7.11. The van der Waals surface area contributed by atoms with Gasteiger partial charge in [-0.15, -0.1) is 11.3 Å². The molecule has 4 rings (SSSR count). The minimum absolute atomic E-state index is 0.0234. The van der Waals surface area contributed by atoms with E-state index in [0.29, 0.717) is 23.0 Å². The van der Waals surface area contributed by atoms with E-state index in [0.717, 1.165) is 42.2 Å². The molecular weight excluding hydrogens is 350 g/mol. The average molecular weight is 369 g/mol. The van der Waals surface area contributed by atoms with Crippen molar-refractivity contribution in [2.24, 2.45) is 0 Å². The van der Waals surface area contributed by atoms with Gasteiger partial charge in [0.2, 0.25) is 0 Å². The molecule has 7 heteroatoms. The average Bonchev–Trinajstić information content (AvgIpc) is 2.91. The van der Waals surface area contributed by atoms with Crippen LogP contribution in [0.25, 0.3) is 10.9 Å². The van der Waals surface area contributed by atoms with Gasteiger partial charge in [0.05, 0.1) is 27.2 Å². The number of thiazole rings is 1. The monoisotopic (exact) mass is 369 g/mol. The van der Waals surface area contributed by atoms with Crippen LogP contribution in [0.3, 0.4) is 0 Å². The molecule has 0 atom stereocenters. The van der Waals surface area contributed by atoms with E-state index in [2.05, 4.69) is 9.97 Å². The minimum Gasteiger partial charge on any atom is -0.456 e. The van der Waals surface area contributed by atoms with Crippen molar-refractivity contribution in [3.63, 3.8) is 0 Å². The molecular formula is C19H19N3O3S. The highest BCUT2D eigenvalue weighted by atomic mass is 32.1. The van der Waals surface area contributed by atoms with Gasteiger partial charge >= 0.3 is 5.97 Å². The van der Waals surface area contributed by atoms with Crippen LogP contribution in [0.5, 0.6) is 0 Å². The second kappa shape index (κ2) is 6.99. The van der Waals surface area contributed by atoms with Crippen molar-refractivity contribution in [1.82, 2.24) is 14.5 Å². The van der Waals surface area contributed by atoms with Gasteiger partial charge in [0, 0.05) is 18.3 Å². The molecule has 6 nitrogen and oxygen atoms in total. The van der Waals surface area contributed by atoms with Crippen molar-refractivity contribution in [3.05, 3.63) is 56.0 Å². The van der Waals surface area contributed by atoms with Crippen LogP contribution in [0, 0.1) is 6.92 Å². The number of nitrogens with zero attached hydrogens (tertiary/aromatic N) is 3. The second-order valence-electron chi connectivity index (χ2n) is 6.46. The lowest BCUT2D eigenvalue weighted by Crippen LogP contribution is -2.24. The van der Waals surface area contributed by atoms with E-state index < -0.39 is 5.97 Å². The Morgan fingerprint density at radius 3 is 2.96 bits per heavy atom. The third-order valence-corrected chi connectivity index (χ3v) is 5.39. The SMILES string of the molecule is Cc1nc(COC(=O)c2ccc3c(=O)n4c(nc3c2)CCCCC4)cs1. The summed E-state index contributed by atoms with van der Waals surface area (Å²) in [6, 6.07) is 4.95. The summed E-state index contributed by atoms with van der Waals surface area (Å²) >= 11 is 1.52. The molecule has 3 aromatic rings. The summed E-state index contributed by atoms with van der Waals surface area (Å²) in [7, 11) is 0. The fourth-order valence-electron chi connectivity index (χ4n) is 3.24. The maximum Gasteiger partial charge on any atom is 0.338 e. The van der Waals surface area contributed by atoms with Crippen LogP contribution in [0.2, 0.25) is 0 Å². The Hall–Kier alpha value is -2.54. The molecule has 3 heterocycles. The van der Waals surface area contributed by atoms with Crippen molar-refractivity contribution in [3.8, 4) is 0 Å². The lowest BCUT2D eigenvalue weighted by atomic mass is 10.1. The van der Waals surface area contributed by atoms with E-state index in [9.17, 15) is 9.59 Å². The number of carbonyl (C=O) groups excluding carboxylic acids is 1. The first kappa shape index (κ1) is 16.9. The molecule has 0 bridgehead atoms. The van der Waals surface area contributed by atoms with Gasteiger partial charge < -0.3 is 4.74 Å². The molecule has 0 spiro atoms. The molecule has 2 aromatic heterocycles. The summed E-state index contributed by atoms with van der Waals surface area (Å²) in [5.41, 5.74) is 1.67. The number of ether oxygens (including phenoxy) is 1. The molecule has 1 aliphatic heterocycles. The van der Waals surface area contributed by atoms with E-state index >= 15 is 0 Å². The van der Waals surface area contributed by atoms with Crippen molar-refractivity contribution in [1.29, 1.82) is 0 Å². The van der Waals surface area contributed by atoms with Gasteiger partial charge in [-0.25, -0.2) is 14.8 Å². The molecule has 1 aliphatic rings. The van der Waals surface area contributed by atoms with E-state index in [1.54, 1.807) is 22.8 Å². The third kappa shape index (κ3) is 3.26. The van der Waals surface area contributed by atoms with E-state index in [4.69, 9.17) is 4.74 Å².